The van der Waals surface area contributed by atoms with Crippen LogP contribution < -0.4 is 5.32 Å². The summed E-state index contributed by atoms with van der Waals surface area (Å²) in [7, 11) is 1.98. The van der Waals surface area contributed by atoms with Gasteiger partial charge in [-0.1, -0.05) is 0 Å². The molecule has 0 aliphatic rings. The Balaban J connectivity index is 1.93. The van der Waals surface area contributed by atoms with Gasteiger partial charge >= 0.3 is 0 Å². The van der Waals surface area contributed by atoms with Crippen molar-refractivity contribution in [2.24, 2.45) is 0 Å². The number of imidazole rings is 1. The minimum absolute atomic E-state index is 0.412. The molecular formula is C12H18N4. The molecule has 0 fully saturated rings. The van der Waals surface area contributed by atoms with Gasteiger partial charge in [0.15, 0.2) is 0 Å². The molecule has 0 aliphatic heterocycles. The van der Waals surface area contributed by atoms with Crippen molar-refractivity contribution in [2.45, 2.75) is 26.1 Å². The van der Waals surface area contributed by atoms with Crippen molar-refractivity contribution in [1.82, 2.24) is 19.4 Å². The predicted molar refractivity (Wildman–Crippen MR) is 64.1 cm³/mol. The number of hydrogen-bond acceptors (Lipinski definition) is 2. The van der Waals surface area contributed by atoms with Crippen LogP contribution in [0.2, 0.25) is 0 Å². The Morgan fingerprint density at radius 3 is 2.81 bits per heavy atom. The van der Waals surface area contributed by atoms with E-state index in [1.165, 1.54) is 5.56 Å². The monoisotopic (exact) mass is 218 g/mol. The summed E-state index contributed by atoms with van der Waals surface area (Å²) >= 11 is 0. The van der Waals surface area contributed by atoms with E-state index in [0.717, 1.165) is 13.1 Å². The molecule has 1 atom stereocenters. The smallest absolute Gasteiger partial charge is 0.0946 e. The van der Waals surface area contributed by atoms with Crippen molar-refractivity contribution in [1.29, 1.82) is 0 Å². The highest BCUT2D eigenvalue weighted by molar-refractivity contribution is 5.14. The van der Waals surface area contributed by atoms with Gasteiger partial charge in [0.25, 0.3) is 0 Å². The van der Waals surface area contributed by atoms with E-state index in [1.807, 2.05) is 25.8 Å². The van der Waals surface area contributed by atoms with E-state index in [4.69, 9.17) is 0 Å². The Morgan fingerprint density at radius 2 is 2.12 bits per heavy atom. The zero-order chi connectivity index (χ0) is 11.4. The molecule has 0 spiro atoms. The summed E-state index contributed by atoms with van der Waals surface area (Å²) in [6.45, 7) is 4.10. The van der Waals surface area contributed by atoms with E-state index in [-0.39, 0.29) is 0 Å². The third-order valence-electron chi connectivity index (χ3n) is 2.88. The molecule has 2 rings (SSSR count). The van der Waals surface area contributed by atoms with Crippen molar-refractivity contribution in [2.75, 3.05) is 7.05 Å². The van der Waals surface area contributed by atoms with Gasteiger partial charge in [-0.15, -0.1) is 0 Å². The highest BCUT2D eigenvalue weighted by atomic mass is 15.1. The van der Waals surface area contributed by atoms with Crippen LogP contribution in [0.1, 0.15) is 18.5 Å². The molecule has 0 radical (unpaired) electrons. The lowest BCUT2D eigenvalue weighted by molar-refractivity contribution is 0.576. The van der Waals surface area contributed by atoms with Crippen molar-refractivity contribution in [3.05, 3.63) is 42.7 Å². The van der Waals surface area contributed by atoms with Crippen LogP contribution >= 0.6 is 0 Å². The Kier molecular flexibility index (Phi) is 3.41. The molecule has 0 bridgehead atoms. The summed E-state index contributed by atoms with van der Waals surface area (Å²) in [4.78, 5) is 4.02. The Bertz CT molecular complexity index is 416. The van der Waals surface area contributed by atoms with Gasteiger partial charge < -0.3 is 14.5 Å². The fourth-order valence-electron chi connectivity index (χ4n) is 1.67. The summed E-state index contributed by atoms with van der Waals surface area (Å²) in [5, 5.41) is 3.24. The average Bonchev–Trinajstić information content (AvgIpc) is 2.96. The van der Waals surface area contributed by atoms with Gasteiger partial charge in [0.1, 0.15) is 0 Å². The normalized spacial score (nSPS) is 12.9. The van der Waals surface area contributed by atoms with Gasteiger partial charge in [-0.3, -0.25) is 0 Å². The summed E-state index contributed by atoms with van der Waals surface area (Å²) in [6.07, 6.45) is 9.96. The lowest BCUT2D eigenvalue weighted by atomic mass is 10.2. The SMILES string of the molecule is CNC(C)c1ccn(CCn2ccnc2)c1. The molecule has 2 aromatic heterocycles. The van der Waals surface area contributed by atoms with E-state index >= 15 is 0 Å². The third-order valence-corrected chi connectivity index (χ3v) is 2.88. The first-order valence-corrected chi connectivity index (χ1v) is 5.58. The quantitative estimate of drug-likeness (QED) is 0.828. The van der Waals surface area contributed by atoms with Crippen LogP contribution in [-0.4, -0.2) is 21.2 Å². The van der Waals surface area contributed by atoms with Gasteiger partial charge in [0, 0.05) is 43.9 Å². The van der Waals surface area contributed by atoms with E-state index in [1.54, 1.807) is 0 Å². The molecule has 0 aliphatic carbocycles. The van der Waals surface area contributed by atoms with Crippen molar-refractivity contribution in [3.63, 3.8) is 0 Å². The maximum Gasteiger partial charge on any atom is 0.0946 e. The zero-order valence-electron chi connectivity index (χ0n) is 9.80. The number of aromatic nitrogens is 3. The second kappa shape index (κ2) is 4.99. The number of aryl methyl sites for hydroxylation is 2. The van der Waals surface area contributed by atoms with Gasteiger partial charge in [0.05, 0.1) is 6.33 Å². The predicted octanol–water partition coefficient (Wildman–Crippen LogP) is 1.67. The van der Waals surface area contributed by atoms with Crippen molar-refractivity contribution >= 4 is 0 Å². The van der Waals surface area contributed by atoms with E-state index in [2.05, 4.69) is 44.8 Å². The average molecular weight is 218 g/mol. The zero-order valence-corrected chi connectivity index (χ0v) is 9.80. The van der Waals surface area contributed by atoms with Gasteiger partial charge in [-0.05, 0) is 25.6 Å². The molecule has 0 amide bonds. The first-order chi connectivity index (χ1) is 7.79. The summed E-state index contributed by atoms with van der Waals surface area (Å²) in [5.74, 6) is 0. The molecule has 4 nitrogen and oxygen atoms in total. The first-order valence-electron chi connectivity index (χ1n) is 5.58. The van der Waals surface area contributed by atoms with Gasteiger partial charge in [0.2, 0.25) is 0 Å². The van der Waals surface area contributed by atoms with Gasteiger partial charge in [-0.2, -0.15) is 0 Å². The molecule has 1 N–H and O–H groups in total. The van der Waals surface area contributed by atoms with Crippen LogP contribution in [0.3, 0.4) is 0 Å². The summed E-state index contributed by atoms with van der Waals surface area (Å²) < 4.78 is 4.30. The molecular weight excluding hydrogens is 200 g/mol. The minimum Gasteiger partial charge on any atom is -0.352 e. The standard InChI is InChI=1S/C12H18N4/c1-11(13-2)12-3-5-15(9-12)7-8-16-6-4-14-10-16/h3-6,9-11,13H,7-8H2,1-2H3. The molecule has 86 valence electrons. The molecule has 2 heterocycles. The van der Waals surface area contributed by atoms with Crippen LogP contribution in [0, 0.1) is 0 Å². The van der Waals surface area contributed by atoms with Crippen LogP contribution in [0.4, 0.5) is 0 Å². The Morgan fingerprint density at radius 1 is 1.31 bits per heavy atom. The lowest BCUT2D eigenvalue weighted by Crippen LogP contribution is -2.11. The summed E-state index contributed by atoms with van der Waals surface area (Å²) in [6, 6.07) is 2.57. The second-order valence-corrected chi connectivity index (χ2v) is 3.99. The minimum atomic E-state index is 0.412. The van der Waals surface area contributed by atoms with Crippen LogP contribution in [0.15, 0.2) is 37.2 Å². The fourth-order valence-corrected chi connectivity index (χ4v) is 1.67. The van der Waals surface area contributed by atoms with Crippen LogP contribution in [-0.2, 0) is 13.1 Å². The van der Waals surface area contributed by atoms with E-state index in [0.29, 0.717) is 6.04 Å². The maximum absolute atomic E-state index is 4.02. The number of rotatable bonds is 5. The fraction of sp³-hybridized carbons (Fsp3) is 0.417. The molecule has 0 aromatic carbocycles. The lowest BCUT2D eigenvalue weighted by Gasteiger charge is -2.07. The first kappa shape index (κ1) is 11.0. The van der Waals surface area contributed by atoms with Crippen molar-refractivity contribution < 1.29 is 0 Å². The molecule has 16 heavy (non-hydrogen) atoms. The van der Waals surface area contributed by atoms with Crippen LogP contribution in [0.5, 0.6) is 0 Å². The van der Waals surface area contributed by atoms with E-state index < -0.39 is 0 Å². The molecule has 2 aromatic rings. The number of nitrogens with zero attached hydrogens (tertiary/aromatic N) is 3. The highest BCUT2D eigenvalue weighted by Gasteiger charge is 2.03. The van der Waals surface area contributed by atoms with E-state index in [9.17, 15) is 0 Å². The largest absolute Gasteiger partial charge is 0.352 e. The maximum atomic E-state index is 4.02. The molecule has 4 heteroatoms. The second-order valence-electron chi connectivity index (χ2n) is 3.99. The van der Waals surface area contributed by atoms with Crippen molar-refractivity contribution in [3.8, 4) is 0 Å². The molecule has 1 unspecified atom stereocenters. The van der Waals surface area contributed by atoms with Crippen LogP contribution in [0.25, 0.3) is 0 Å². The Hall–Kier alpha value is -1.55. The molecule has 0 saturated carbocycles. The molecule has 0 saturated heterocycles. The van der Waals surface area contributed by atoms with Gasteiger partial charge in [-0.25, -0.2) is 4.98 Å². The number of hydrogen-bond donors (Lipinski definition) is 1. The Labute approximate surface area is 95.9 Å². The third kappa shape index (κ3) is 2.52. The highest BCUT2D eigenvalue weighted by Crippen LogP contribution is 2.11. The topological polar surface area (TPSA) is 34.8 Å². The number of nitrogens with one attached hydrogen (secondary N) is 1. The summed E-state index contributed by atoms with van der Waals surface area (Å²) in [5.41, 5.74) is 1.33.